The van der Waals surface area contributed by atoms with Crippen LogP contribution in [0.4, 0.5) is 5.69 Å². The number of methoxy groups -OCH3 is 1. The number of non-ortho nitro benzene ring substituents is 1. The number of furan rings is 1. The van der Waals surface area contributed by atoms with Gasteiger partial charge in [0.15, 0.2) is 22.2 Å². The van der Waals surface area contributed by atoms with Gasteiger partial charge < -0.3 is 14.5 Å². The molecule has 0 bridgehead atoms. The summed E-state index contributed by atoms with van der Waals surface area (Å²) in [5.41, 5.74) is 6.36. The van der Waals surface area contributed by atoms with E-state index in [9.17, 15) is 14.9 Å². The number of nitrogens with zero attached hydrogens (tertiary/aromatic N) is 1. The molecule has 0 aliphatic rings. The molecule has 3 rings (SSSR count). The number of rotatable bonds is 7. The normalized spacial score (nSPS) is 10.4. The first-order valence-corrected chi connectivity index (χ1v) is 9.53. The van der Waals surface area contributed by atoms with Crippen LogP contribution < -0.4 is 20.9 Å². The van der Waals surface area contributed by atoms with Crippen LogP contribution in [0.3, 0.4) is 0 Å². The maximum atomic E-state index is 12.3. The van der Waals surface area contributed by atoms with Crippen LogP contribution in [0.2, 0.25) is 0 Å². The molecule has 1 amide bonds. The van der Waals surface area contributed by atoms with Gasteiger partial charge in [-0.05, 0) is 36.7 Å². The Hall–Kier alpha value is -3.66. The Kier molecular flexibility index (Phi) is 6.81. The number of hydrogen-bond acceptors (Lipinski definition) is 6. The van der Waals surface area contributed by atoms with E-state index in [-0.39, 0.29) is 27.9 Å². The van der Waals surface area contributed by atoms with Crippen molar-refractivity contribution in [2.45, 2.75) is 12.8 Å². The number of aryl methyl sites for hydroxylation is 1. The second kappa shape index (κ2) is 9.70. The van der Waals surface area contributed by atoms with Gasteiger partial charge in [-0.2, -0.15) is 0 Å². The van der Waals surface area contributed by atoms with E-state index >= 15 is 0 Å². The average molecular weight is 428 g/mol. The Morgan fingerprint density at radius 3 is 2.67 bits per heavy atom. The third-order valence-electron chi connectivity index (χ3n) is 4.28. The summed E-state index contributed by atoms with van der Waals surface area (Å²) in [6, 6.07) is 14.0. The standard InChI is InChI=1S/C20H20N4O5S/c1-28-16-12-15(24(26)27)10-14-11-17(29-18(14)16)19(25)22-23-20(30)21-9-5-8-13-6-3-2-4-7-13/h2-4,6-7,10-12H,5,8-9H2,1H3,(H,22,25)(H2,21,23,30). The van der Waals surface area contributed by atoms with Crippen LogP contribution in [-0.2, 0) is 6.42 Å². The number of ether oxygens (including phenoxy) is 1. The predicted octanol–water partition coefficient (Wildman–Crippen LogP) is 3.09. The molecular weight excluding hydrogens is 408 g/mol. The molecule has 0 spiro atoms. The van der Waals surface area contributed by atoms with Gasteiger partial charge in [0.1, 0.15) is 0 Å². The van der Waals surface area contributed by atoms with E-state index in [0.29, 0.717) is 11.9 Å². The summed E-state index contributed by atoms with van der Waals surface area (Å²) in [5.74, 6) is -0.450. The zero-order chi connectivity index (χ0) is 21.5. The van der Waals surface area contributed by atoms with Crippen molar-refractivity contribution in [3.05, 3.63) is 70.0 Å². The highest BCUT2D eigenvalue weighted by molar-refractivity contribution is 7.80. The number of benzene rings is 2. The molecule has 0 aliphatic heterocycles. The molecule has 10 heteroatoms. The highest BCUT2D eigenvalue weighted by Crippen LogP contribution is 2.33. The Morgan fingerprint density at radius 1 is 1.20 bits per heavy atom. The molecular formula is C20H20N4O5S. The van der Waals surface area contributed by atoms with Crippen molar-refractivity contribution < 1.29 is 18.9 Å². The quantitative estimate of drug-likeness (QED) is 0.227. The van der Waals surface area contributed by atoms with Gasteiger partial charge in [0.25, 0.3) is 5.69 Å². The fourth-order valence-corrected chi connectivity index (χ4v) is 2.99. The number of amides is 1. The average Bonchev–Trinajstić information content (AvgIpc) is 3.19. The van der Waals surface area contributed by atoms with Crippen LogP contribution in [0.15, 0.2) is 52.9 Å². The summed E-state index contributed by atoms with van der Waals surface area (Å²) in [6.45, 7) is 0.641. The third-order valence-corrected chi connectivity index (χ3v) is 4.53. The first-order chi connectivity index (χ1) is 14.5. The Morgan fingerprint density at radius 2 is 1.97 bits per heavy atom. The van der Waals surface area contributed by atoms with Crippen LogP contribution in [0.5, 0.6) is 5.75 Å². The molecule has 9 nitrogen and oxygen atoms in total. The minimum atomic E-state index is -0.579. The van der Waals surface area contributed by atoms with Crippen molar-refractivity contribution in [1.29, 1.82) is 0 Å². The molecule has 0 atom stereocenters. The van der Waals surface area contributed by atoms with Gasteiger partial charge in [0.05, 0.1) is 18.1 Å². The molecule has 30 heavy (non-hydrogen) atoms. The molecule has 0 aliphatic carbocycles. The molecule has 0 radical (unpaired) electrons. The number of nitrogens with one attached hydrogen (secondary N) is 3. The summed E-state index contributed by atoms with van der Waals surface area (Å²) in [7, 11) is 1.37. The van der Waals surface area contributed by atoms with E-state index in [1.54, 1.807) is 0 Å². The minimum absolute atomic E-state index is 0.0387. The molecule has 0 unspecified atom stereocenters. The smallest absolute Gasteiger partial charge is 0.305 e. The van der Waals surface area contributed by atoms with Crippen molar-refractivity contribution in [2.75, 3.05) is 13.7 Å². The van der Waals surface area contributed by atoms with E-state index in [1.165, 1.54) is 30.9 Å². The predicted molar refractivity (Wildman–Crippen MR) is 115 cm³/mol. The lowest BCUT2D eigenvalue weighted by Crippen LogP contribution is -2.46. The molecule has 2 aromatic carbocycles. The van der Waals surface area contributed by atoms with Gasteiger partial charge in [-0.15, -0.1) is 0 Å². The molecule has 1 aromatic heterocycles. The van der Waals surface area contributed by atoms with Crippen LogP contribution in [0, 0.1) is 10.1 Å². The Labute approximate surface area is 177 Å². The SMILES string of the molecule is COc1cc([N+](=O)[O-])cc2cc(C(=O)NNC(=S)NCCCc3ccccc3)oc12. The Bertz CT molecular complexity index is 1070. The van der Waals surface area contributed by atoms with E-state index in [0.717, 1.165) is 12.8 Å². The summed E-state index contributed by atoms with van der Waals surface area (Å²) in [6.07, 6.45) is 1.79. The highest BCUT2D eigenvalue weighted by Gasteiger charge is 2.19. The first-order valence-electron chi connectivity index (χ1n) is 9.12. The number of thiocarbonyl (C=S) groups is 1. The lowest BCUT2D eigenvalue weighted by atomic mass is 10.1. The summed E-state index contributed by atoms with van der Waals surface area (Å²) >= 11 is 5.14. The third kappa shape index (κ3) is 5.23. The lowest BCUT2D eigenvalue weighted by Gasteiger charge is -2.10. The lowest BCUT2D eigenvalue weighted by molar-refractivity contribution is -0.384. The maximum absolute atomic E-state index is 12.3. The molecule has 156 valence electrons. The zero-order valence-corrected chi connectivity index (χ0v) is 17.0. The molecule has 3 aromatic rings. The monoisotopic (exact) mass is 428 g/mol. The van der Waals surface area contributed by atoms with Gasteiger partial charge in [-0.1, -0.05) is 30.3 Å². The first kappa shape index (κ1) is 21.1. The van der Waals surface area contributed by atoms with Gasteiger partial charge >= 0.3 is 5.91 Å². The van der Waals surface area contributed by atoms with Gasteiger partial charge in [0, 0.05) is 18.0 Å². The summed E-state index contributed by atoms with van der Waals surface area (Å²) in [4.78, 5) is 22.8. The number of nitro benzene ring substituents is 1. The van der Waals surface area contributed by atoms with Crippen molar-refractivity contribution in [1.82, 2.24) is 16.2 Å². The number of hydrogen-bond donors (Lipinski definition) is 3. The van der Waals surface area contributed by atoms with Crippen molar-refractivity contribution in [2.24, 2.45) is 0 Å². The molecule has 3 N–H and O–H groups in total. The van der Waals surface area contributed by atoms with Gasteiger partial charge in [0.2, 0.25) is 0 Å². The fraction of sp³-hybridized carbons (Fsp3) is 0.200. The van der Waals surface area contributed by atoms with Crippen molar-refractivity contribution >= 4 is 39.9 Å². The van der Waals surface area contributed by atoms with E-state index in [4.69, 9.17) is 21.4 Å². The summed E-state index contributed by atoms with van der Waals surface area (Å²) < 4.78 is 10.6. The second-order valence-electron chi connectivity index (χ2n) is 6.36. The van der Waals surface area contributed by atoms with E-state index in [1.807, 2.05) is 18.2 Å². The maximum Gasteiger partial charge on any atom is 0.305 e. The van der Waals surface area contributed by atoms with Crippen LogP contribution >= 0.6 is 12.2 Å². The number of carbonyl (C=O) groups is 1. The van der Waals surface area contributed by atoms with Gasteiger partial charge in [-0.3, -0.25) is 25.8 Å². The largest absolute Gasteiger partial charge is 0.493 e. The summed E-state index contributed by atoms with van der Waals surface area (Å²) in [5, 5.41) is 14.7. The zero-order valence-electron chi connectivity index (χ0n) is 16.1. The van der Waals surface area contributed by atoms with Crippen LogP contribution in [0.1, 0.15) is 22.5 Å². The molecule has 0 saturated heterocycles. The van der Waals surface area contributed by atoms with E-state index in [2.05, 4.69) is 28.3 Å². The minimum Gasteiger partial charge on any atom is -0.493 e. The topological polar surface area (TPSA) is 119 Å². The Balaban J connectivity index is 1.52. The number of nitro groups is 1. The molecule has 0 fully saturated rings. The second-order valence-corrected chi connectivity index (χ2v) is 6.77. The van der Waals surface area contributed by atoms with Gasteiger partial charge in [-0.25, -0.2) is 0 Å². The van der Waals surface area contributed by atoms with Crippen LogP contribution in [0.25, 0.3) is 11.0 Å². The highest BCUT2D eigenvalue weighted by atomic mass is 32.1. The van der Waals surface area contributed by atoms with E-state index < -0.39 is 10.8 Å². The number of fused-ring (bicyclic) bond motifs is 1. The van der Waals surface area contributed by atoms with Crippen LogP contribution in [-0.4, -0.2) is 29.6 Å². The number of hydrazine groups is 1. The number of carbonyl (C=O) groups excluding carboxylic acids is 1. The van der Waals surface area contributed by atoms with Crippen molar-refractivity contribution in [3.63, 3.8) is 0 Å². The molecule has 1 heterocycles. The van der Waals surface area contributed by atoms with Crippen molar-refractivity contribution in [3.8, 4) is 5.75 Å². The molecule has 0 saturated carbocycles. The fourth-order valence-electron chi connectivity index (χ4n) is 2.83.